The first kappa shape index (κ1) is 13.3. The lowest BCUT2D eigenvalue weighted by Gasteiger charge is -2.15. The molecule has 5 heteroatoms. The molecule has 94 valence electrons. The van der Waals surface area contributed by atoms with Crippen molar-refractivity contribution in [2.24, 2.45) is 0 Å². The predicted octanol–water partition coefficient (Wildman–Crippen LogP) is 2.35. The van der Waals surface area contributed by atoms with E-state index >= 15 is 0 Å². The van der Waals surface area contributed by atoms with Crippen LogP contribution in [0.25, 0.3) is 0 Å². The van der Waals surface area contributed by atoms with Crippen LogP contribution in [0.1, 0.15) is 43.5 Å². The number of aromatic nitrogens is 1. The van der Waals surface area contributed by atoms with Gasteiger partial charge >= 0.3 is 5.97 Å². The van der Waals surface area contributed by atoms with E-state index in [2.05, 4.69) is 17.2 Å². The molecule has 0 amide bonds. The third-order valence-electron chi connectivity index (χ3n) is 2.51. The molecular formula is C12H19N3O2. The molecule has 0 aliphatic carbocycles. The molecule has 0 aliphatic rings. The highest BCUT2D eigenvalue weighted by Gasteiger charge is 2.13. The number of hydrogen-bond acceptors (Lipinski definition) is 4. The van der Waals surface area contributed by atoms with Crippen LogP contribution < -0.4 is 11.1 Å². The Balaban J connectivity index is 2.79. The van der Waals surface area contributed by atoms with Gasteiger partial charge in [0.15, 0.2) is 0 Å². The van der Waals surface area contributed by atoms with Crippen molar-refractivity contribution in [1.29, 1.82) is 0 Å². The summed E-state index contributed by atoms with van der Waals surface area (Å²) in [4.78, 5) is 15.1. The van der Waals surface area contributed by atoms with E-state index in [1.54, 1.807) is 0 Å². The number of nitrogens with one attached hydrogen (secondary N) is 1. The fourth-order valence-corrected chi connectivity index (χ4v) is 1.57. The first-order chi connectivity index (χ1) is 8.04. The molecule has 1 aromatic heterocycles. The van der Waals surface area contributed by atoms with Crippen LogP contribution in [0.4, 0.5) is 11.5 Å². The van der Waals surface area contributed by atoms with Gasteiger partial charge < -0.3 is 16.2 Å². The first-order valence-corrected chi connectivity index (χ1v) is 5.80. The second-order valence-corrected chi connectivity index (χ2v) is 4.16. The molecule has 0 aromatic carbocycles. The molecule has 1 rings (SSSR count). The molecule has 5 nitrogen and oxygen atoms in total. The number of anilines is 2. The molecule has 0 bridgehead atoms. The highest BCUT2D eigenvalue weighted by Crippen LogP contribution is 2.17. The monoisotopic (exact) mass is 237 g/mol. The van der Waals surface area contributed by atoms with Crippen LogP contribution in [0.5, 0.6) is 0 Å². The molecule has 17 heavy (non-hydrogen) atoms. The van der Waals surface area contributed by atoms with Gasteiger partial charge in [0, 0.05) is 6.04 Å². The lowest BCUT2D eigenvalue weighted by Crippen LogP contribution is -2.18. The van der Waals surface area contributed by atoms with Crippen LogP contribution in [0, 0.1) is 0 Å². The molecule has 0 fully saturated rings. The molecule has 1 unspecified atom stereocenters. The molecule has 0 saturated heterocycles. The summed E-state index contributed by atoms with van der Waals surface area (Å²) in [6.45, 7) is 4.14. The molecule has 0 aliphatic heterocycles. The van der Waals surface area contributed by atoms with Gasteiger partial charge in [0.05, 0.1) is 11.9 Å². The van der Waals surface area contributed by atoms with Crippen molar-refractivity contribution in [2.45, 2.75) is 39.2 Å². The Kier molecular flexibility index (Phi) is 4.75. The summed E-state index contributed by atoms with van der Waals surface area (Å²) in [5, 5.41) is 12.1. The molecule has 0 spiro atoms. The van der Waals surface area contributed by atoms with Gasteiger partial charge in [-0.25, -0.2) is 9.78 Å². The van der Waals surface area contributed by atoms with Gasteiger partial charge in [-0.15, -0.1) is 0 Å². The number of carboxylic acid groups (broad SMARTS) is 1. The third-order valence-corrected chi connectivity index (χ3v) is 2.51. The number of pyridine rings is 1. The van der Waals surface area contributed by atoms with Crippen LogP contribution in [0.15, 0.2) is 12.3 Å². The van der Waals surface area contributed by atoms with E-state index < -0.39 is 5.97 Å². The highest BCUT2D eigenvalue weighted by molar-refractivity contribution is 5.94. The Morgan fingerprint density at radius 3 is 2.94 bits per heavy atom. The summed E-state index contributed by atoms with van der Waals surface area (Å²) in [7, 11) is 0. The highest BCUT2D eigenvalue weighted by atomic mass is 16.4. The number of hydrogen-bond donors (Lipinski definition) is 3. The van der Waals surface area contributed by atoms with Crippen molar-refractivity contribution in [3.63, 3.8) is 0 Å². The average molecular weight is 237 g/mol. The summed E-state index contributed by atoms with van der Waals surface area (Å²) in [5.74, 6) is -0.634. The first-order valence-electron chi connectivity index (χ1n) is 5.80. The minimum absolute atomic E-state index is 0.119. The number of nitrogens with two attached hydrogens (primary N) is 1. The maximum absolute atomic E-state index is 11.0. The SMILES string of the molecule is CCCCC(C)Nc1ncc(N)cc1C(=O)O. The number of carboxylic acids is 1. The molecule has 1 atom stereocenters. The number of nitrogen functional groups attached to an aromatic ring is 1. The van der Waals surface area contributed by atoms with Gasteiger partial charge in [0.2, 0.25) is 0 Å². The van der Waals surface area contributed by atoms with E-state index in [0.29, 0.717) is 11.5 Å². The minimum atomic E-state index is -1.02. The zero-order valence-electron chi connectivity index (χ0n) is 10.2. The predicted molar refractivity (Wildman–Crippen MR) is 68.2 cm³/mol. The van der Waals surface area contributed by atoms with Gasteiger partial charge in [-0.1, -0.05) is 19.8 Å². The molecule has 1 heterocycles. The summed E-state index contributed by atoms with van der Waals surface area (Å²) in [6.07, 6.45) is 4.67. The fraction of sp³-hybridized carbons (Fsp3) is 0.500. The standard InChI is InChI=1S/C12H19N3O2/c1-3-4-5-8(2)15-11-10(12(16)17)6-9(13)7-14-11/h6-8H,3-5,13H2,1-2H3,(H,14,15)(H,16,17). The smallest absolute Gasteiger partial charge is 0.339 e. The second-order valence-electron chi connectivity index (χ2n) is 4.16. The van der Waals surface area contributed by atoms with Crippen molar-refractivity contribution < 1.29 is 9.90 Å². The van der Waals surface area contributed by atoms with E-state index in [-0.39, 0.29) is 11.6 Å². The number of carbonyl (C=O) groups is 1. The van der Waals surface area contributed by atoms with Crippen LogP contribution in [-0.4, -0.2) is 22.1 Å². The fourth-order valence-electron chi connectivity index (χ4n) is 1.57. The Morgan fingerprint density at radius 1 is 1.65 bits per heavy atom. The Labute approximate surface area is 101 Å². The topological polar surface area (TPSA) is 88.2 Å². The summed E-state index contributed by atoms with van der Waals surface area (Å²) >= 11 is 0. The van der Waals surface area contributed by atoms with Crippen molar-refractivity contribution in [3.8, 4) is 0 Å². The van der Waals surface area contributed by atoms with E-state index in [9.17, 15) is 4.79 Å². The molecule has 4 N–H and O–H groups in total. The van der Waals surface area contributed by atoms with Crippen molar-refractivity contribution in [1.82, 2.24) is 4.98 Å². The number of nitrogens with zero attached hydrogens (tertiary/aromatic N) is 1. The van der Waals surface area contributed by atoms with Gasteiger partial charge in [-0.2, -0.15) is 0 Å². The zero-order chi connectivity index (χ0) is 12.8. The van der Waals surface area contributed by atoms with Gasteiger partial charge in [0.1, 0.15) is 11.4 Å². The van der Waals surface area contributed by atoms with Crippen LogP contribution in [0.2, 0.25) is 0 Å². The zero-order valence-corrected chi connectivity index (χ0v) is 10.2. The quantitative estimate of drug-likeness (QED) is 0.706. The maximum Gasteiger partial charge on any atom is 0.339 e. The van der Waals surface area contributed by atoms with E-state index in [4.69, 9.17) is 10.8 Å². The Morgan fingerprint density at radius 2 is 2.35 bits per heavy atom. The minimum Gasteiger partial charge on any atom is -0.478 e. The third kappa shape index (κ3) is 3.94. The van der Waals surface area contributed by atoms with Crippen LogP contribution in [-0.2, 0) is 0 Å². The lowest BCUT2D eigenvalue weighted by molar-refractivity contribution is 0.0697. The van der Waals surface area contributed by atoms with E-state index in [1.807, 2.05) is 6.92 Å². The Bertz CT molecular complexity index is 393. The summed E-state index contributed by atoms with van der Waals surface area (Å²) in [6, 6.07) is 1.62. The summed E-state index contributed by atoms with van der Waals surface area (Å²) in [5.41, 5.74) is 6.00. The van der Waals surface area contributed by atoms with E-state index in [1.165, 1.54) is 12.3 Å². The summed E-state index contributed by atoms with van der Waals surface area (Å²) < 4.78 is 0. The van der Waals surface area contributed by atoms with Gasteiger partial charge in [-0.3, -0.25) is 0 Å². The van der Waals surface area contributed by atoms with Gasteiger partial charge in [-0.05, 0) is 19.4 Å². The van der Waals surface area contributed by atoms with Gasteiger partial charge in [0.25, 0.3) is 0 Å². The number of unbranched alkanes of at least 4 members (excludes halogenated alkanes) is 1. The van der Waals surface area contributed by atoms with Crippen LogP contribution in [0.3, 0.4) is 0 Å². The molecular weight excluding hydrogens is 218 g/mol. The molecule has 1 aromatic rings. The largest absolute Gasteiger partial charge is 0.478 e. The van der Waals surface area contributed by atoms with Crippen molar-refractivity contribution in [2.75, 3.05) is 11.1 Å². The molecule has 0 saturated carbocycles. The maximum atomic E-state index is 11.0. The van der Waals surface area contributed by atoms with Crippen molar-refractivity contribution in [3.05, 3.63) is 17.8 Å². The van der Waals surface area contributed by atoms with Crippen molar-refractivity contribution >= 4 is 17.5 Å². The average Bonchev–Trinajstić information content (AvgIpc) is 2.28. The van der Waals surface area contributed by atoms with Crippen LogP contribution >= 0.6 is 0 Å². The molecule has 0 radical (unpaired) electrons. The Hall–Kier alpha value is -1.78. The number of rotatable bonds is 6. The lowest BCUT2D eigenvalue weighted by atomic mass is 10.1. The normalized spacial score (nSPS) is 12.1. The van der Waals surface area contributed by atoms with E-state index in [0.717, 1.165) is 19.3 Å². The number of aromatic carboxylic acids is 1. The second kappa shape index (κ2) is 6.08.